The van der Waals surface area contributed by atoms with E-state index in [-0.39, 0.29) is 6.61 Å². The molecule has 1 N–H and O–H groups in total. The standard InChI is InChI=1S/C23H17BrCl2N2O4/c1-14-3-2-4-15(9-14)23(30)32-20-7-5-17(24)10-16(20)12-27-28-22(29)13-31-21-8-6-18(25)11-19(21)26/h2-12H,13H2,1H3,(H,28,29). The van der Waals surface area contributed by atoms with Crippen molar-refractivity contribution in [3.63, 3.8) is 0 Å². The molecule has 1 amide bonds. The van der Waals surface area contributed by atoms with Crippen LogP contribution < -0.4 is 14.9 Å². The van der Waals surface area contributed by atoms with Crippen molar-refractivity contribution in [3.05, 3.63) is 91.9 Å². The highest BCUT2D eigenvalue weighted by Gasteiger charge is 2.12. The van der Waals surface area contributed by atoms with Crippen molar-refractivity contribution >= 4 is 57.2 Å². The zero-order chi connectivity index (χ0) is 23.1. The largest absolute Gasteiger partial charge is 0.482 e. The van der Waals surface area contributed by atoms with E-state index in [0.29, 0.717) is 32.7 Å². The number of benzene rings is 3. The van der Waals surface area contributed by atoms with Crippen LogP contribution in [0.4, 0.5) is 0 Å². The van der Waals surface area contributed by atoms with Crippen LogP contribution in [0.15, 0.2) is 70.2 Å². The maximum Gasteiger partial charge on any atom is 0.343 e. The fourth-order valence-electron chi connectivity index (χ4n) is 2.59. The topological polar surface area (TPSA) is 77.0 Å². The molecule has 3 aromatic carbocycles. The summed E-state index contributed by atoms with van der Waals surface area (Å²) in [5, 5.41) is 4.67. The van der Waals surface area contributed by atoms with E-state index in [2.05, 4.69) is 26.5 Å². The fourth-order valence-corrected chi connectivity index (χ4v) is 3.43. The monoisotopic (exact) mass is 534 g/mol. The molecule has 0 unspecified atom stereocenters. The summed E-state index contributed by atoms with van der Waals surface area (Å²) in [5.41, 5.74) is 4.22. The smallest absolute Gasteiger partial charge is 0.343 e. The Morgan fingerprint density at radius 1 is 1.06 bits per heavy atom. The van der Waals surface area contributed by atoms with Gasteiger partial charge in [0.2, 0.25) is 0 Å². The molecule has 0 bridgehead atoms. The minimum atomic E-state index is -0.499. The van der Waals surface area contributed by atoms with Gasteiger partial charge in [-0.15, -0.1) is 0 Å². The number of carbonyl (C=O) groups excluding carboxylic acids is 2. The second-order valence-corrected chi connectivity index (χ2v) is 8.36. The van der Waals surface area contributed by atoms with Crippen LogP contribution in [0.3, 0.4) is 0 Å². The highest BCUT2D eigenvalue weighted by molar-refractivity contribution is 9.10. The molecule has 0 aromatic heterocycles. The maximum atomic E-state index is 12.5. The minimum absolute atomic E-state index is 0.293. The summed E-state index contributed by atoms with van der Waals surface area (Å²) in [6.07, 6.45) is 1.37. The Balaban J connectivity index is 1.63. The van der Waals surface area contributed by atoms with Gasteiger partial charge < -0.3 is 9.47 Å². The predicted octanol–water partition coefficient (Wildman–Crippen LogP) is 5.81. The number of nitrogens with zero attached hydrogens (tertiary/aromatic N) is 1. The summed E-state index contributed by atoms with van der Waals surface area (Å²) in [7, 11) is 0. The van der Waals surface area contributed by atoms with Crippen LogP contribution in [-0.2, 0) is 4.79 Å². The van der Waals surface area contributed by atoms with E-state index in [1.165, 1.54) is 12.3 Å². The molecule has 0 saturated carbocycles. The van der Waals surface area contributed by atoms with Crippen LogP contribution in [0.1, 0.15) is 21.5 Å². The summed E-state index contributed by atoms with van der Waals surface area (Å²) in [6.45, 7) is 1.59. The predicted molar refractivity (Wildman–Crippen MR) is 128 cm³/mol. The Labute approximate surface area is 203 Å². The van der Waals surface area contributed by atoms with Crippen molar-refractivity contribution in [1.29, 1.82) is 0 Å². The summed E-state index contributed by atoms with van der Waals surface area (Å²) >= 11 is 15.2. The second kappa shape index (κ2) is 11.1. The van der Waals surface area contributed by atoms with E-state index in [1.54, 1.807) is 48.5 Å². The summed E-state index contributed by atoms with van der Waals surface area (Å²) in [5.74, 6) is -0.377. The van der Waals surface area contributed by atoms with Crippen molar-refractivity contribution in [3.8, 4) is 11.5 Å². The molecule has 6 nitrogen and oxygen atoms in total. The molecule has 32 heavy (non-hydrogen) atoms. The third-order valence-corrected chi connectivity index (χ3v) is 5.10. The Kier molecular flexibility index (Phi) is 8.27. The number of ether oxygens (including phenoxy) is 2. The van der Waals surface area contributed by atoms with E-state index < -0.39 is 11.9 Å². The number of hydrogen-bond donors (Lipinski definition) is 1. The van der Waals surface area contributed by atoms with Crippen LogP contribution in [0.5, 0.6) is 11.5 Å². The van der Waals surface area contributed by atoms with Crippen LogP contribution in [0, 0.1) is 6.92 Å². The quantitative estimate of drug-likeness (QED) is 0.179. The van der Waals surface area contributed by atoms with Gasteiger partial charge in [0, 0.05) is 15.1 Å². The van der Waals surface area contributed by atoms with Gasteiger partial charge in [-0.25, -0.2) is 10.2 Å². The van der Waals surface area contributed by atoms with Crippen LogP contribution >= 0.6 is 39.1 Å². The van der Waals surface area contributed by atoms with E-state index >= 15 is 0 Å². The molecule has 9 heteroatoms. The molecule has 3 rings (SSSR count). The molecule has 0 radical (unpaired) electrons. The molecule has 3 aromatic rings. The second-order valence-electron chi connectivity index (χ2n) is 6.60. The highest BCUT2D eigenvalue weighted by atomic mass is 79.9. The summed E-state index contributed by atoms with van der Waals surface area (Å²) in [6, 6.07) is 16.8. The molecule has 0 atom stereocenters. The van der Waals surface area contributed by atoms with Crippen molar-refractivity contribution < 1.29 is 19.1 Å². The van der Waals surface area contributed by atoms with Crippen molar-refractivity contribution in [2.45, 2.75) is 6.92 Å². The van der Waals surface area contributed by atoms with Crippen LogP contribution in [-0.4, -0.2) is 24.7 Å². The lowest BCUT2D eigenvalue weighted by molar-refractivity contribution is -0.123. The molecule has 0 fully saturated rings. The zero-order valence-corrected chi connectivity index (χ0v) is 19.9. The SMILES string of the molecule is Cc1cccc(C(=O)Oc2ccc(Br)cc2C=NNC(=O)COc2ccc(Cl)cc2Cl)c1. The highest BCUT2D eigenvalue weighted by Crippen LogP contribution is 2.27. The molecule has 0 aliphatic rings. The Hall–Kier alpha value is -2.87. The number of hydrazone groups is 1. The first-order chi connectivity index (χ1) is 15.3. The molecule has 0 heterocycles. The molecule has 0 saturated heterocycles. The first-order valence-electron chi connectivity index (χ1n) is 9.30. The van der Waals surface area contributed by atoms with Gasteiger partial charge >= 0.3 is 5.97 Å². The lowest BCUT2D eigenvalue weighted by atomic mass is 10.1. The van der Waals surface area contributed by atoms with Gasteiger partial charge in [-0.2, -0.15) is 5.10 Å². The molecular weight excluding hydrogens is 519 g/mol. The van der Waals surface area contributed by atoms with Gasteiger partial charge in [0.05, 0.1) is 16.8 Å². The van der Waals surface area contributed by atoms with Gasteiger partial charge in [0.15, 0.2) is 6.61 Å². The van der Waals surface area contributed by atoms with Gasteiger partial charge in [0.25, 0.3) is 5.91 Å². The minimum Gasteiger partial charge on any atom is -0.482 e. The lowest BCUT2D eigenvalue weighted by Crippen LogP contribution is -2.24. The van der Waals surface area contributed by atoms with Gasteiger partial charge in [0.1, 0.15) is 11.5 Å². The number of nitrogens with one attached hydrogen (secondary N) is 1. The van der Waals surface area contributed by atoms with E-state index in [1.807, 2.05) is 13.0 Å². The number of aryl methyl sites for hydroxylation is 1. The number of rotatable bonds is 7. The summed E-state index contributed by atoms with van der Waals surface area (Å²) in [4.78, 5) is 24.5. The molecule has 0 aliphatic carbocycles. The van der Waals surface area contributed by atoms with Crippen molar-refractivity contribution in [1.82, 2.24) is 5.43 Å². The average Bonchev–Trinajstić information content (AvgIpc) is 2.75. The maximum absolute atomic E-state index is 12.5. The van der Waals surface area contributed by atoms with E-state index in [0.717, 1.165) is 10.0 Å². The van der Waals surface area contributed by atoms with Crippen molar-refractivity contribution in [2.75, 3.05) is 6.61 Å². The van der Waals surface area contributed by atoms with Crippen LogP contribution in [0.25, 0.3) is 0 Å². The van der Waals surface area contributed by atoms with E-state index in [4.69, 9.17) is 32.7 Å². The lowest BCUT2D eigenvalue weighted by Gasteiger charge is -2.09. The third kappa shape index (κ3) is 6.82. The molecular formula is C23H17BrCl2N2O4. The summed E-state index contributed by atoms with van der Waals surface area (Å²) < 4.78 is 11.6. The molecule has 164 valence electrons. The number of amides is 1. The van der Waals surface area contributed by atoms with Crippen molar-refractivity contribution in [2.24, 2.45) is 5.10 Å². The normalized spacial score (nSPS) is 10.8. The Morgan fingerprint density at radius 3 is 2.59 bits per heavy atom. The Bertz CT molecular complexity index is 1180. The van der Waals surface area contributed by atoms with Crippen LogP contribution in [0.2, 0.25) is 10.0 Å². The third-order valence-electron chi connectivity index (χ3n) is 4.07. The first kappa shape index (κ1) is 23.8. The van der Waals surface area contributed by atoms with Gasteiger partial charge in [-0.05, 0) is 55.5 Å². The van der Waals surface area contributed by atoms with E-state index in [9.17, 15) is 9.59 Å². The first-order valence-corrected chi connectivity index (χ1v) is 10.8. The number of halogens is 3. The molecule has 0 spiro atoms. The fraction of sp³-hybridized carbons (Fsp3) is 0.0870. The zero-order valence-electron chi connectivity index (χ0n) is 16.8. The number of carbonyl (C=O) groups is 2. The van der Waals surface area contributed by atoms with Gasteiger partial charge in [-0.1, -0.05) is 56.8 Å². The number of hydrogen-bond acceptors (Lipinski definition) is 5. The number of esters is 1. The average molecular weight is 536 g/mol. The molecule has 0 aliphatic heterocycles. The van der Waals surface area contributed by atoms with Gasteiger partial charge in [-0.3, -0.25) is 4.79 Å². The Morgan fingerprint density at radius 2 is 1.84 bits per heavy atom.